The number of benzene rings is 1. The van der Waals surface area contributed by atoms with Crippen LogP contribution in [0.4, 0.5) is 0 Å². The molecule has 0 unspecified atom stereocenters. The molecule has 132 valence electrons. The smallest absolute Gasteiger partial charge is 0.231 e. The lowest BCUT2D eigenvalue weighted by Crippen LogP contribution is -2.37. The molecule has 6 heteroatoms. The zero-order chi connectivity index (χ0) is 16.6. The van der Waals surface area contributed by atoms with Crippen LogP contribution in [-0.2, 0) is 4.79 Å². The molecular formula is C18H25NO4S. The summed E-state index contributed by atoms with van der Waals surface area (Å²) in [6.07, 6.45) is 6.99. The Labute approximate surface area is 147 Å². The van der Waals surface area contributed by atoms with Gasteiger partial charge in [0.05, 0.1) is 12.4 Å². The zero-order valence-corrected chi connectivity index (χ0v) is 14.7. The van der Waals surface area contributed by atoms with E-state index in [1.807, 2.05) is 18.2 Å². The Kier molecular flexibility index (Phi) is 6.52. The van der Waals surface area contributed by atoms with Gasteiger partial charge < -0.3 is 19.5 Å². The standard InChI is InChI=1S/C18H25NO4S/c20-18(19-14-5-2-1-3-6-14)12-24-10-4-9-21-15-7-8-16-17(11-15)23-13-22-16/h7-8,11,14H,1-6,9-10,12-13H2,(H,19,20). The molecule has 0 aromatic heterocycles. The largest absolute Gasteiger partial charge is 0.493 e. The molecule has 0 saturated heterocycles. The highest BCUT2D eigenvalue weighted by atomic mass is 32.2. The quantitative estimate of drug-likeness (QED) is 0.728. The fraction of sp³-hybridized carbons (Fsp3) is 0.611. The highest BCUT2D eigenvalue weighted by Gasteiger charge is 2.15. The van der Waals surface area contributed by atoms with Gasteiger partial charge in [0, 0.05) is 12.1 Å². The molecule has 0 bridgehead atoms. The van der Waals surface area contributed by atoms with E-state index >= 15 is 0 Å². The van der Waals surface area contributed by atoms with E-state index in [0.29, 0.717) is 18.4 Å². The maximum atomic E-state index is 11.9. The van der Waals surface area contributed by atoms with Crippen molar-refractivity contribution in [1.29, 1.82) is 0 Å². The Balaban J connectivity index is 1.24. The molecule has 1 saturated carbocycles. The van der Waals surface area contributed by atoms with E-state index in [1.54, 1.807) is 11.8 Å². The lowest BCUT2D eigenvalue weighted by molar-refractivity contribution is -0.119. The maximum Gasteiger partial charge on any atom is 0.231 e. The summed E-state index contributed by atoms with van der Waals surface area (Å²) in [5, 5.41) is 3.14. The Morgan fingerprint density at radius 1 is 1.21 bits per heavy atom. The number of hydrogen-bond donors (Lipinski definition) is 1. The van der Waals surface area contributed by atoms with Crippen LogP contribution >= 0.6 is 11.8 Å². The van der Waals surface area contributed by atoms with Crippen LogP contribution in [0, 0.1) is 0 Å². The highest BCUT2D eigenvalue weighted by molar-refractivity contribution is 7.99. The lowest BCUT2D eigenvalue weighted by atomic mass is 9.95. The molecule has 1 N–H and O–H groups in total. The summed E-state index contributed by atoms with van der Waals surface area (Å²) in [7, 11) is 0. The minimum Gasteiger partial charge on any atom is -0.493 e. The third-order valence-electron chi connectivity index (χ3n) is 4.25. The van der Waals surface area contributed by atoms with Crippen LogP contribution in [0.5, 0.6) is 17.2 Å². The zero-order valence-electron chi connectivity index (χ0n) is 13.9. The number of hydrogen-bond acceptors (Lipinski definition) is 5. The molecule has 24 heavy (non-hydrogen) atoms. The van der Waals surface area contributed by atoms with Crippen molar-refractivity contribution in [3.05, 3.63) is 18.2 Å². The Morgan fingerprint density at radius 3 is 2.92 bits per heavy atom. The van der Waals surface area contributed by atoms with Crippen molar-refractivity contribution in [2.45, 2.75) is 44.6 Å². The van der Waals surface area contributed by atoms with Crippen LogP contribution in [0.3, 0.4) is 0 Å². The summed E-state index contributed by atoms with van der Waals surface area (Å²) in [6.45, 7) is 0.912. The summed E-state index contributed by atoms with van der Waals surface area (Å²) in [4.78, 5) is 11.9. The van der Waals surface area contributed by atoms with Gasteiger partial charge in [-0.1, -0.05) is 19.3 Å². The minimum absolute atomic E-state index is 0.170. The number of nitrogens with one attached hydrogen (secondary N) is 1. The SMILES string of the molecule is O=C(CSCCCOc1ccc2c(c1)OCO2)NC1CCCCC1. The van der Waals surface area contributed by atoms with Crippen molar-refractivity contribution in [3.63, 3.8) is 0 Å². The van der Waals surface area contributed by atoms with Gasteiger partial charge in [0.25, 0.3) is 0 Å². The van der Waals surface area contributed by atoms with Crippen LogP contribution in [0.25, 0.3) is 0 Å². The monoisotopic (exact) mass is 351 g/mol. The third-order valence-corrected chi connectivity index (χ3v) is 5.29. The average molecular weight is 351 g/mol. The van der Waals surface area contributed by atoms with Crippen molar-refractivity contribution in [2.24, 2.45) is 0 Å². The lowest BCUT2D eigenvalue weighted by Gasteiger charge is -2.22. The molecule has 1 fully saturated rings. The van der Waals surface area contributed by atoms with E-state index in [0.717, 1.165) is 42.3 Å². The van der Waals surface area contributed by atoms with Crippen molar-refractivity contribution in [1.82, 2.24) is 5.32 Å². The number of amides is 1. The molecule has 1 amide bonds. The first-order chi connectivity index (χ1) is 11.8. The van der Waals surface area contributed by atoms with Crippen LogP contribution in [-0.4, -0.2) is 36.9 Å². The number of carbonyl (C=O) groups is 1. The molecule has 0 atom stereocenters. The van der Waals surface area contributed by atoms with Crippen LogP contribution in [0.15, 0.2) is 18.2 Å². The second-order valence-electron chi connectivity index (χ2n) is 6.17. The number of carbonyl (C=O) groups excluding carboxylic acids is 1. The molecule has 1 aliphatic heterocycles. The van der Waals surface area contributed by atoms with Gasteiger partial charge in [-0.2, -0.15) is 11.8 Å². The van der Waals surface area contributed by atoms with E-state index in [9.17, 15) is 4.79 Å². The normalized spacial score (nSPS) is 16.8. The summed E-state index contributed by atoms with van der Waals surface area (Å²) in [5.41, 5.74) is 0. The number of rotatable bonds is 8. The number of fused-ring (bicyclic) bond motifs is 1. The maximum absolute atomic E-state index is 11.9. The van der Waals surface area contributed by atoms with Gasteiger partial charge in [0.1, 0.15) is 5.75 Å². The van der Waals surface area contributed by atoms with Crippen molar-refractivity contribution in [2.75, 3.05) is 24.9 Å². The van der Waals surface area contributed by atoms with Crippen molar-refractivity contribution in [3.8, 4) is 17.2 Å². The molecule has 5 nitrogen and oxygen atoms in total. The van der Waals surface area contributed by atoms with E-state index in [4.69, 9.17) is 14.2 Å². The topological polar surface area (TPSA) is 56.8 Å². The van der Waals surface area contributed by atoms with E-state index in [2.05, 4.69) is 5.32 Å². The molecule has 1 aromatic carbocycles. The minimum atomic E-state index is 0.170. The second kappa shape index (κ2) is 9.06. The first kappa shape index (κ1) is 17.3. The molecule has 1 aromatic rings. The molecule has 1 heterocycles. The summed E-state index contributed by atoms with van der Waals surface area (Å²) >= 11 is 1.67. The van der Waals surface area contributed by atoms with Crippen molar-refractivity contribution < 1.29 is 19.0 Å². The van der Waals surface area contributed by atoms with E-state index in [-0.39, 0.29) is 12.7 Å². The fourth-order valence-electron chi connectivity index (χ4n) is 3.00. The molecule has 1 aliphatic carbocycles. The van der Waals surface area contributed by atoms with Gasteiger partial charge in [-0.05, 0) is 37.1 Å². The van der Waals surface area contributed by atoms with Crippen LogP contribution in [0.1, 0.15) is 38.5 Å². The molecular weight excluding hydrogens is 326 g/mol. The van der Waals surface area contributed by atoms with Crippen molar-refractivity contribution >= 4 is 17.7 Å². The predicted octanol–water partition coefficient (Wildman–Crippen LogP) is 3.37. The molecule has 0 spiro atoms. The summed E-state index contributed by atoms with van der Waals surface area (Å²) in [5.74, 6) is 3.93. The predicted molar refractivity (Wildman–Crippen MR) is 95.0 cm³/mol. The number of ether oxygens (including phenoxy) is 3. The summed E-state index contributed by atoms with van der Waals surface area (Å²) < 4.78 is 16.3. The van der Waals surface area contributed by atoms with Gasteiger partial charge in [-0.15, -0.1) is 0 Å². The number of thioether (sulfide) groups is 1. The third kappa shape index (κ3) is 5.23. The first-order valence-corrected chi connectivity index (χ1v) is 9.86. The second-order valence-corrected chi connectivity index (χ2v) is 7.28. The molecule has 2 aliphatic rings. The van der Waals surface area contributed by atoms with Gasteiger partial charge in [-0.25, -0.2) is 0 Å². The van der Waals surface area contributed by atoms with Gasteiger partial charge >= 0.3 is 0 Å². The Bertz CT molecular complexity index is 546. The first-order valence-electron chi connectivity index (χ1n) is 8.71. The molecule has 3 rings (SSSR count). The Hall–Kier alpha value is -1.56. The highest BCUT2D eigenvalue weighted by Crippen LogP contribution is 2.35. The van der Waals surface area contributed by atoms with Gasteiger partial charge in [0.2, 0.25) is 12.7 Å². The van der Waals surface area contributed by atoms with Crippen LogP contribution < -0.4 is 19.5 Å². The van der Waals surface area contributed by atoms with Gasteiger partial charge in [-0.3, -0.25) is 4.79 Å². The molecule has 0 radical (unpaired) electrons. The Morgan fingerprint density at radius 2 is 2.04 bits per heavy atom. The van der Waals surface area contributed by atoms with E-state index < -0.39 is 0 Å². The van der Waals surface area contributed by atoms with E-state index in [1.165, 1.54) is 19.3 Å². The average Bonchev–Trinajstić information content (AvgIpc) is 3.06. The summed E-state index contributed by atoms with van der Waals surface area (Å²) in [6, 6.07) is 6.01. The van der Waals surface area contributed by atoms with Crippen LogP contribution in [0.2, 0.25) is 0 Å². The van der Waals surface area contributed by atoms with Gasteiger partial charge in [0.15, 0.2) is 11.5 Å². The fourth-order valence-corrected chi connectivity index (χ4v) is 3.73.